The molecule has 1 rings (SSSR count). The third kappa shape index (κ3) is 5.38. The molecule has 1 aromatic carbocycles. The molecule has 2 N–H and O–H groups in total. The highest BCUT2D eigenvalue weighted by atomic mass is 16.2. The molecule has 0 aliphatic rings. The minimum atomic E-state index is -0.152. The van der Waals surface area contributed by atoms with Gasteiger partial charge in [-0.1, -0.05) is 25.5 Å². The van der Waals surface area contributed by atoms with E-state index in [0.717, 1.165) is 12.1 Å². The highest BCUT2D eigenvalue weighted by Crippen LogP contribution is 2.11. The van der Waals surface area contributed by atoms with Gasteiger partial charge >= 0.3 is 6.03 Å². The summed E-state index contributed by atoms with van der Waals surface area (Å²) in [6, 6.07) is 8.04. The van der Waals surface area contributed by atoms with Crippen LogP contribution in [0.4, 0.5) is 10.5 Å². The van der Waals surface area contributed by atoms with Crippen LogP contribution in [0, 0.1) is 0 Å². The normalized spacial score (nSPS) is 10.4. The fraction of sp³-hybridized carbons (Fsp3) is 0.500. The Morgan fingerprint density at radius 3 is 2.41 bits per heavy atom. The number of anilines is 1. The van der Waals surface area contributed by atoms with Crippen molar-refractivity contribution in [2.24, 2.45) is 0 Å². The summed E-state index contributed by atoms with van der Waals surface area (Å²) in [5, 5.41) is 5.60. The number of carbonyl (C=O) groups excluding carboxylic acids is 1. The Morgan fingerprint density at radius 2 is 1.88 bits per heavy atom. The number of rotatable bonds is 5. The van der Waals surface area contributed by atoms with E-state index in [1.54, 1.807) is 0 Å². The minimum Gasteiger partial charge on any atom is -0.336 e. The zero-order valence-electron chi connectivity index (χ0n) is 10.9. The van der Waals surface area contributed by atoms with Crippen molar-refractivity contribution in [1.29, 1.82) is 0 Å². The van der Waals surface area contributed by atoms with Crippen molar-refractivity contribution in [3.8, 4) is 0 Å². The van der Waals surface area contributed by atoms with Crippen molar-refractivity contribution >= 4 is 11.7 Å². The van der Waals surface area contributed by atoms with Gasteiger partial charge in [0.2, 0.25) is 0 Å². The molecule has 0 bridgehead atoms. The lowest BCUT2D eigenvalue weighted by molar-refractivity contribution is 0.250. The standard InChI is InChI=1S/C14H22N2O/c1-4-5-6-12-7-9-13(10-8-12)16-14(17)15-11(2)3/h7-11H,4-6H2,1-3H3,(H2,15,16,17). The number of unbranched alkanes of at least 4 members (excludes halogenated alkanes) is 1. The molecule has 1 aromatic rings. The quantitative estimate of drug-likeness (QED) is 0.803. The molecule has 0 spiro atoms. The highest BCUT2D eigenvalue weighted by molar-refractivity contribution is 5.89. The molecule has 0 fully saturated rings. The van der Waals surface area contributed by atoms with Crippen molar-refractivity contribution < 1.29 is 4.79 Å². The first-order valence-electron chi connectivity index (χ1n) is 6.28. The summed E-state index contributed by atoms with van der Waals surface area (Å²) in [4.78, 5) is 11.5. The molecule has 0 aromatic heterocycles. The Morgan fingerprint density at radius 1 is 1.24 bits per heavy atom. The molecule has 0 radical (unpaired) electrons. The number of amides is 2. The van der Waals surface area contributed by atoms with Gasteiger partial charge in [0, 0.05) is 11.7 Å². The van der Waals surface area contributed by atoms with E-state index in [1.165, 1.54) is 18.4 Å². The van der Waals surface area contributed by atoms with Crippen LogP contribution in [0.15, 0.2) is 24.3 Å². The molecule has 94 valence electrons. The zero-order valence-corrected chi connectivity index (χ0v) is 10.9. The van der Waals surface area contributed by atoms with Gasteiger partial charge in [-0.2, -0.15) is 0 Å². The number of benzene rings is 1. The molecule has 0 atom stereocenters. The van der Waals surface area contributed by atoms with Gasteiger partial charge < -0.3 is 10.6 Å². The number of hydrogen-bond acceptors (Lipinski definition) is 1. The summed E-state index contributed by atoms with van der Waals surface area (Å²) in [6.07, 6.45) is 3.52. The highest BCUT2D eigenvalue weighted by Gasteiger charge is 2.02. The van der Waals surface area contributed by atoms with Gasteiger partial charge in [-0.05, 0) is 44.4 Å². The molecule has 2 amide bonds. The molecule has 0 aliphatic carbocycles. The maximum atomic E-state index is 11.5. The second kappa shape index (κ2) is 6.94. The molecule has 0 heterocycles. The number of urea groups is 1. The first-order chi connectivity index (χ1) is 8.11. The third-order valence-electron chi connectivity index (χ3n) is 2.45. The van der Waals surface area contributed by atoms with Gasteiger partial charge in [0.1, 0.15) is 0 Å². The van der Waals surface area contributed by atoms with Gasteiger partial charge in [-0.3, -0.25) is 0 Å². The summed E-state index contributed by atoms with van der Waals surface area (Å²) >= 11 is 0. The maximum absolute atomic E-state index is 11.5. The topological polar surface area (TPSA) is 41.1 Å². The second-order valence-electron chi connectivity index (χ2n) is 4.55. The van der Waals surface area contributed by atoms with Crippen LogP contribution in [0.2, 0.25) is 0 Å². The van der Waals surface area contributed by atoms with Crippen LogP contribution in [0.5, 0.6) is 0 Å². The van der Waals surface area contributed by atoms with E-state index in [0.29, 0.717) is 0 Å². The molecule has 0 aliphatic heterocycles. The number of carbonyl (C=O) groups is 1. The lowest BCUT2D eigenvalue weighted by atomic mass is 10.1. The first-order valence-corrected chi connectivity index (χ1v) is 6.28. The Balaban J connectivity index is 2.47. The molecular formula is C14H22N2O. The predicted octanol–water partition coefficient (Wildman–Crippen LogP) is 3.56. The van der Waals surface area contributed by atoms with Gasteiger partial charge in [0.15, 0.2) is 0 Å². The lowest BCUT2D eigenvalue weighted by Gasteiger charge is -2.10. The predicted molar refractivity (Wildman–Crippen MR) is 72.3 cm³/mol. The monoisotopic (exact) mass is 234 g/mol. The lowest BCUT2D eigenvalue weighted by Crippen LogP contribution is -2.34. The molecule has 17 heavy (non-hydrogen) atoms. The van der Waals surface area contributed by atoms with Crippen LogP contribution in [0.3, 0.4) is 0 Å². The van der Waals surface area contributed by atoms with Gasteiger partial charge in [0.05, 0.1) is 0 Å². The van der Waals surface area contributed by atoms with Crippen LogP contribution in [0.1, 0.15) is 39.2 Å². The Hall–Kier alpha value is -1.51. The molecule has 0 saturated heterocycles. The second-order valence-corrected chi connectivity index (χ2v) is 4.55. The summed E-state index contributed by atoms with van der Waals surface area (Å²) in [5.41, 5.74) is 2.16. The Bertz CT molecular complexity index is 344. The molecular weight excluding hydrogens is 212 g/mol. The van der Waals surface area contributed by atoms with Crippen LogP contribution >= 0.6 is 0 Å². The van der Waals surface area contributed by atoms with E-state index >= 15 is 0 Å². The fourth-order valence-electron chi connectivity index (χ4n) is 1.57. The van der Waals surface area contributed by atoms with Crippen molar-refractivity contribution in [3.63, 3.8) is 0 Å². The average Bonchev–Trinajstić information content (AvgIpc) is 2.27. The van der Waals surface area contributed by atoms with E-state index in [4.69, 9.17) is 0 Å². The van der Waals surface area contributed by atoms with E-state index in [-0.39, 0.29) is 12.1 Å². The van der Waals surface area contributed by atoms with E-state index < -0.39 is 0 Å². The minimum absolute atomic E-state index is 0.152. The van der Waals surface area contributed by atoms with Crippen LogP contribution in [-0.2, 0) is 6.42 Å². The molecule has 3 heteroatoms. The number of aryl methyl sites for hydroxylation is 1. The summed E-state index contributed by atoms with van der Waals surface area (Å²) in [5.74, 6) is 0. The molecule has 3 nitrogen and oxygen atoms in total. The molecule has 0 saturated carbocycles. The van der Waals surface area contributed by atoms with Crippen LogP contribution in [-0.4, -0.2) is 12.1 Å². The van der Waals surface area contributed by atoms with Crippen molar-refractivity contribution in [2.45, 2.75) is 46.1 Å². The zero-order chi connectivity index (χ0) is 12.7. The number of nitrogens with one attached hydrogen (secondary N) is 2. The third-order valence-corrected chi connectivity index (χ3v) is 2.45. The Labute approximate surface area is 104 Å². The van der Waals surface area contributed by atoms with E-state index in [2.05, 4.69) is 29.7 Å². The molecule has 0 unspecified atom stereocenters. The van der Waals surface area contributed by atoms with E-state index in [9.17, 15) is 4.79 Å². The van der Waals surface area contributed by atoms with Crippen molar-refractivity contribution in [2.75, 3.05) is 5.32 Å². The SMILES string of the molecule is CCCCc1ccc(NC(=O)NC(C)C)cc1. The van der Waals surface area contributed by atoms with Gasteiger partial charge in [-0.25, -0.2) is 4.79 Å². The van der Waals surface area contributed by atoms with Crippen molar-refractivity contribution in [1.82, 2.24) is 5.32 Å². The summed E-state index contributed by atoms with van der Waals surface area (Å²) < 4.78 is 0. The van der Waals surface area contributed by atoms with Gasteiger partial charge in [0.25, 0.3) is 0 Å². The largest absolute Gasteiger partial charge is 0.336 e. The van der Waals surface area contributed by atoms with Gasteiger partial charge in [-0.15, -0.1) is 0 Å². The van der Waals surface area contributed by atoms with Crippen LogP contribution in [0.25, 0.3) is 0 Å². The summed E-state index contributed by atoms with van der Waals surface area (Å²) in [7, 11) is 0. The maximum Gasteiger partial charge on any atom is 0.319 e. The fourth-order valence-corrected chi connectivity index (χ4v) is 1.57. The van der Waals surface area contributed by atoms with E-state index in [1.807, 2.05) is 26.0 Å². The van der Waals surface area contributed by atoms with Crippen LogP contribution < -0.4 is 10.6 Å². The smallest absolute Gasteiger partial charge is 0.319 e. The average molecular weight is 234 g/mol. The first kappa shape index (κ1) is 13.6. The Kier molecular flexibility index (Phi) is 5.53. The van der Waals surface area contributed by atoms with Crippen molar-refractivity contribution in [3.05, 3.63) is 29.8 Å². The summed E-state index contributed by atoms with van der Waals surface area (Å²) in [6.45, 7) is 6.06. The number of hydrogen-bond donors (Lipinski definition) is 2.